The van der Waals surface area contributed by atoms with Crippen molar-refractivity contribution < 1.29 is 54.1 Å². The van der Waals surface area contributed by atoms with Crippen molar-refractivity contribution in [2.45, 2.75) is 166 Å². The first-order chi connectivity index (χ1) is 45.9. The van der Waals surface area contributed by atoms with Crippen molar-refractivity contribution >= 4 is 34.0 Å². The molecule has 494 valence electrons. The highest BCUT2D eigenvalue weighted by Gasteiger charge is 2.57. The van der Waals surface area contributed by atoms with Crippen LogP contribution in [0.15, 0.2) is 127 Å². The number of aromatic nitrogens is 2. The molecule has 0 saturated heterocycles. The number of H-pyrrole nitrogens is 1. The molecule has 0 unspecified atom stereocenters. The lowest BCUT2D eigenvalue weighted by Crippen LogP contribution is -2.37. The van der Waals surface area contributed by atoms with Gasteiger partial charge in [0.2, 0.25) is 5.75 Å². The quantitative estimate of drug-likeness (QED) is 0.0586. The summed E-state index contributed by atoms with van der Waals surface area (Å²) in [5, 5.41) is 65.5. The maximum atomic E-state index is 15.9. The van der Waals surface area contributed by atoms with E-state index in [1.54, 1.807) is 25.1 Å². The Morgan fingerprint density at radius 1 is 0.905 bits per heavy atom. The molecule has 3 spiro atoms. The third kappa shape index (κ3) is 11.2. The number of ether oxygens (including phenoxy) is 3. The van der Waals surface area contributed by atoms with Crippen LogP contribution in [0.25, 0.3) is 10.8 Å². The van der Waals surface area contributed by atoms with Gasteiger partial charge < -0.3 is 59.5 Å². The zero-order valence-electron chi connectivity index (χ0n) is 55.0. The number of carbonyl (C=O) groups is 3. The van der Waals surface area contributed by atoms with Crippen LogP contribution in [0.2, 0.25) is 0 Å². The van der Waals surface area contributed by atoms with E-state index >= 15 is 4.79 Å². The van der Waals surface area contributed by atoms with E-state index in [9.17, 15) is 35.1 Å². The normalized spacial score (nSPS) is 29.9. The van der Waals surface area contributed by atoms with E-state index in [4.69, 9.17) is 14.2 Å². The van der Waals surface area contributed by atoms with Crippen molar-refractivity contribution in [3.8, 4) is 46.3 Å². The maximum Gasteiger partial charge on any atom is 0.302 e. The Labute approximate surface area is 556 Å². The third-order valence-electron chi connectivity index (χ3n) is 24.2. The number of ketones is 2. The number of esters is 1. The van der Waals surface area contributed by atoms with Crippen molar-refractivity contribution in [1.29, 1.82) is 0 Å². The van der Waals surface area contributed by atoms with Gasteiger partial charge in [0.15, 0.2) is 11.5 Å². The number of rotatable bonds is 7. The first-order valence-electron chi connectivity index (χ1n) is 34.7. The largest absolute Gasteiger partial charge is 0.508 e. The second-order valence-corrected chi connectivity index (χ2v) is 29.7. The monoisotopic (exact) mass is 1280 g/mol. The molecule has 15 nitrogen and oxygen atoms in total. The van der Waals surface area contributed by atoms with E-state index < -0.39 is 35.0 Å². The highest BCUT2D eigenvalue weighted by molar-refractivity contribution is 6.00. The van der Waals surface area contributed by atoms with Gasteiger partial charge in [0.25, 0.3) is 0 Å². The highest BCUT2D eigenvalue weighted by atomic mass is 16.5. The predicted octanol–water partition coefficient (Wildman–Crippen LogP) is 14.0. The van der Waals surface area contributed by atoms with E-state index in [-0.39, 0.29) is 101 Å². The van der Waals surface area contributed by atoms with E-state index in [0.717, 1.165) is 118 Å². The summed E-state index contributed by atoms with van der Waals surface area (Å²) in [6, 6.07) is 17.8. The summed E-state index contributed by atoms with van der Waals surface area (Å²) >= 11 is 0. The molecule has 2 fully saturated rings. The molecule has 12 atom stereocenters. The molecule has 7 N–H and O–H groups in total. The van der Waals surface area contributed by atoms with E-state index in [2.05, 4.69) is 106 Å². The number of nitrogens with one attached hydrogen (secondary N) is 2. The topological polar surface area (TPSA) is 216 Å². The number of aromatic amines is 1. The number of benzene rings is 4. The number of Topliss-reactive ketones (excluding diaryl/α,β-unsaturated/α-hetero) is 2. The van der Waals surface area contributed by atoms with Crippen LogP contribution in [-0.4, -0.2) is 85.5 Å². The molecular weight excluding hydrogens is 1190 g/mol. The number of methoxy groups -OCH3 is 1. The van der Waals surface area contributed by atoms with E-state index in [1.807, 2.05) is 24.3 Å². The fraction of sp³-hybridized carbons (Fsp3) is 0.463. The van der Waals surface area contributed by atoms with Gasteiger partial charge in [-0.2, -0.15) is 0 Å². The zero-order chi connectivity index (χ0) is 65.7. The van der Waals surface area contributed by atoms with E-state index in [1.165, 1.54) is 19.6 Å². The van der Waals surface area contributed by atoms with Gasteiger partial charge in [0.05, 0.1) is 30.9 Å². The van der Waals surface area contributed by atoms with Gasteiger partial charge in [-0.15, -0.1) is 0 Å². The summed E-state index contributed by atoms with van der Waals surface area (Å²) in [4.78, 5) is 48.5. The molecule has 15 heteroatoms. The second-order valence-electron chi connectivity index (χ2n) is 29.7. The summed E-state index contributed by atoms with van der Waals surface area (Å²) in [6.07, 6.45) is 26.9. The van der Waals surface area contributed by atoms with Gasteiger partial charge >= 0.3 is 5.97 Å². The van der Waals surface area contributed by atoms with Crippen LogP contribution in [0.5, 0.6) is 34.5 Å². The Morgan fingerprint density at radius 2 is 1.78 bits per heavy atom. The van der Waals surface area contributed by atoms with Crippen LogP contribution in [0.4, 0.5) is 5.69 Å². The highest BCUT2D eigenvalue weighted by Crippen LogP contribution is 2.67. The van der Waals surface area contributed by atoms with Crippen LogP contribution in [-0.2, 0) is 44.8 Å². The van der Waals surface area contributed by atoms with Crippen molar-refractivity contribution in [3.63, 3.8) is 0 Å². The van der Waals surface area contributed by atoms with Crippen molar-refractivity contribution in [2.75, 3.05) is 31.7 Å². The number of carbonyl (C=O) groups excluding carboxylic acids is 3. The van der Waals surface area contributed by atoms with Gasteiger partial charge in [0.1, 0.15) is 40.7 Å². The Bertz CT molecular complexity index is 4290. The zero-order valence-corrected chi connectivity index (χ0v) is 55.0. The molecule has 6 aliphatic heterocycles. The molecule has 0 amide bonds. The lowest BCUT2D eigenvalue weighted by atomic mass is 9.61. The summed E-state index contributed by atoms with van der Waals surface area (Å²) in [6.45, 7) is 6.07. The van der Waals surface area contributed by atoms with Gasteiger partial charge in [-0.3, -0.25) is 14.4 Å². The minimum Gasteiger partial charge on any atom is -0.508 e. The number of allylic oxidation sites excluding steroid dienone is 6. The molecule has 4 aromatic carbocycles. The molecule has 6 aromatic rings. The van der Waals surface area contributed by atoms with Gasteiger partial charge in [0, 0.05) is 110 Å². The molecule has 8 heterocycles. The SMILES string of the molecule is COc1cc2cc(O)c1Oc1cc(O)cc3c1CC[C@H](C3)[C@H](CO)C[C@@H]1CC[C@]3(CC[C@]4(Cc5c6c(ccc7c6cn5[C@@H]2CC(=O)C[C@H](OC(C)=O)CC[C@]25Cc6c[nH]cc6[C@@H](C#CCC2=CC=C[C@@H]5C)[C@H](c2cccc(O)c2)C2=CCNC(=C2)N7CCC(C)=O)[C@H]4O)C3)C1. The molecular formula is C80H88N4O11. The number of aromatic hydroxyl groups is 3. The average Bonchev–Trinajstić information content (AvgIpc) is 1.56. The minimum atomic E-state index is -0.838. The molecule has 0 radical (unpaired) electrons. The number of aliphatic hydroxyl groups excluding tert-OH is 2. The van der Waals surface area contributed by atoms with Crippen LogP contribution < -0.4 is 19.7 Å². The fourth-order valence-electron chi connectivity index (χ4n) is 19.6. The Balaban J connectivity index is 0.962. The minimum absolute atomic E-state index is 0.0125. The number of phenols is 3. The molecule has 2 saturated carbocycles. The number of hydrogen-bond donors (Lipinski definition) is 7. The molecule has 12 aliphatic rings. The van der Waals surface area contributed by atoms with Gasteiger partial charge in [-0.25, -0.2) is 0 Å². The predicted molar refractivity (Wildman–Crippen MR) is 363 cm³/mol. The Morgan fingerprint density at radius 3 is 2.60 bits per heavy atom. The molecule has 16 bridgehead atoms. The summed E-state index contributed by atoms with van der Waals surface area (Å²) in [7, 11) is 1.52. The fourth-order valence-corrected chi connectivity index (χ4v) is 19.6. The third-order valence-corrected chi connectivity index (χ3v) is 24.2. The summed E-state index contributed by atoms with van der Waals surface area (Å²) < 4.78 is 21.5. The van der Waals surface area contributed by atoms with Crippen LogP contribution >= 0.6 is 0 Å². The number of dihydropyridines is 1. The molecule has 2 aromatic heterocycles. The first kappa shape index (κ1) is 62.7. The van der Waals surface area contributed by atoms with E-state index in [0.29, 0.717) is 75.3 Å². The van der Waals surface area contributed by atoms with Crippen LogP contribution in [0, 0.1) is 51.8 Å². The Kier molecular flexibility index (Phi) is 16.2. The lowest BCUT2D eigenvalue weighted by molar-refractivity contribution is -0.148. The van der Waals surface area contributed by atoms with Crippen LogP contribution in [0.1, 0.15) is 179 Å². The van der Waals surface area contributed by atoms with Crippen LogP contribution in [0.3, 0.4) is 0 Å². The second kappa shape index (κ2) is 24.6. The molecule has 6 aliphatic carbocycles. The Hall–Kier alpha value is -8.45. The van der Waals surface area contributed by atoms with Crippen molar-refractivity contribution in [2.24, 2.45) is 39.9 Å². The number of nitrogens with zero attached hydrogens (tertiary/aromatic N) is 2. The number of anilines is 1. The number of phenolic OH excluding ortho intramolecular Hbond substituents is 3. The smallest absolute Gasteiger partial charge is 0.302 e. The summed E-state index contributed by atoms with van der Waals surface area (Å²) in [5.74, 6) is 8.21. The number of fused-ring (bicyclic) bond motifs is 1. The van der Waals surface area contributed by atoms with Crippen molar-refractivity contribution in [1.82, 2.24) is 14.9 Å². The lowest BCUT2D eigenvalue weighted by Gasteiger charge is -2.43. The summed E-state index contributed by atoms with van der Waals surface area (Å²) in [5.41, 5.74) is 9.08. The standard InChI is InChI=1S/C80H88N4O11/c1-46-8-5-10-57-11-7-13-63-65-42-81-41-56(65)39-80(46,57)23-19-61(94-48(3)87)35-60(90)36-68-54-32-70(91)76(72(33-54)93-4)95-71-37-59(89)31-53-29-50(14-15-62(53)71)55(44-85)28-49-18-22-78(38-49)24-25-79(45-78)40-69-75-64(77(79)92)16-17-67(66(75)43-84(68)69)83(27-21-47(2)86)73-34-52(20-26-82-73)74(63)51-9-6-12-58(88)30-51/h5-6,8-10,12,16-17,20,30-34,37,41-43,46,49-50,55,61,63,68,74,77,81-82,85,88-89,91-92H,11,14-15,18-19,21-29,35-36,38-40,44-45H2,1-4H3/t46-,49-,50+,55-,61+,63+,68+,74+,77+,78-,79-,80+/m0/s1. The number of aliphatic hydroxyl groups is 2. The maximum absolute atomic E-state index is 15.9. The average molecular weight is 1280 g/mol. The molecule has 18 rings (SSSR count). The van der Waals surface area contributed by atoms with Gasteiger partial charge in [-0.05, 0) is 213 Å². The first-order valence-corrected chi connectivity index (χ1v) is 34.7. The van der Waals surface area contributed by atoms with Gasteiger partial charge in [-0.1, -0.05) is 66.8 Å². The number of hydrogen-bond acceptors (Lipinski definition) is 13. The van der Waals surface area contributed by atoms with Crippen molar-refractivity contribution in [3.05, 3.63) is 171 Å². The molecule has 95 heavy (non-hydrogen) atoms.